The van der Waals surface area contributed by atoms with Gasteiger partial charge in [0, 0.05) is 19.6 Å². The minimum atomic E-state index is -0.954. The standard InChI is InChI=1S/C26H27NO3/c1-19-2-6-21(7-3-19)22-8-4-20(5-9-22)17-27-14-12-23-10-11-25(30-18-26(28)29)16-24(23)13-15-27/h2-11,16H,12-15,17-18H2,1H3,(H,28,29). The number of nitrogens with zero attached hydrogens (tertiary/aromatic N) is 1. The number of hydrogen-bond acceptors (Lipinski definition) is 3. The number of carboxylic acid groups (broad SMARTS) is 1. The second kappa shape index (κ2) is 9.14. The number of carboxylic acids is 1. The highest BCUT2D eigenvalue weighted by Crippen LogP contribution is 2.24. The highest BCUT2D eigenvalue weighted by Gasteiger charge is 2.15. The maximum Gasteiger partial charge on any atom is 0.341 e. The molecule has 1 aliphatic rings. The lowest BCUT2D eigenvalue weighted by Crippen LogP contribution is -2.25. The molecule has 4 nitrogen and oxygen atoms in total. The molecule has 0 amide bonds. The number of carbonyl (C=O) groups is 1. The predicted molar refractivity (Wildman–Crippen MR) is 119 cm³/mol. The maximum atomic E-state index is 10.7. The first kappa shape index (κ1) is 20.2. The average Bonchev–Trinajstić information content (AvgIpc) is 2.95. The van der Waals surface area contributed by atoms with E-state index in [0.717, 1.165) is 32.5 Å². The van der Waals surface area contributed by atoms with Crippen molar-refractivity contribution in [2.75, 3.05) is 19.7 Å². The van der Waals surface area contributed by atoms with Gasteiger partial charge in [-0.05, 0) is 59.7 Å². The van der Waals surface area contributed by atoms with Gasteiger partial charge in [-0.1, -0.05) is 60.2 Å². The third-order valence-electron chi connectivity index (χ3n) is 5.68. The third kappa shape index (κ3) is 5.08. The normalized spacial score (nSPS) is 14.0. The third-order valence-corrected chi connectivity index (χ3v) is 5.68. The van der Waals surface area contributed by atoms with Gasteiger partial charge in [0.15, 0.2) is 6.61 Å². The van der Waals surface area contributed by atoms with E-state index >= 15 is 0 Å². The zero-order chi connectivity index (χ0) is 20.9. The van der Waals surface area contributed by atoms with E-state index in [1.54, 1.807) is 0 Å². The Morgan fingerprint density at radius 1 is 0.900 bits per heavy atom. The summed E-state index contributed by atoms with van der Waals surface area (Å²) in [7, 11) is 0. The van der Waals surface area contributed by atoms with Crippen LogP contribution in [0.4, 0.5) is 0 Å². The fourth-order valence-corrected chi connectivity index (χ4v) is 3.95. The predicted octanol–water partition coefficient (Wildman–Crippen LogP) is 4.73. The average molecular weight is 402 g/mol. The minimum Gasteiger partial charge on any atom is -0.482 e. The summed E-state index contributed by atoms with van der Waals surface area (Å²) in [5, 5.41) is 8.79. The molecule has 0 aromatic heterocycles. The molecular weight excluding hydrogens is 374 g/mol. The van der Waals surface area contributed by atoms with Crippen molar-refractivity contribution in [3.05, 3.63) is 89.0 Å². The molecule has 0 saturated carbocycles. The van der Waals surface area contributed by atoms with Gasteiger partial charge < -0.3 is 9.84 Å². The molecule has 0 atom stereocenters. The smallest absolute Gasteiger partial charge is 0.341 e. The summed E-state index contributed by atoms with van der Waals surface area (Å²) in [5.74, 6) is -0.319. The van der Waals surface area contributed by atoms with Crippen LogP contribution in [-0.2, 0) is 24.2 Å². The first-order valence-electron chi connectivity index (χ1n) is 10.4. The van der Waals surface area contributed by atoms with Crippen LogP contribution in [0.2, 0.25) is 0 Å². The van der Waals surface area contributed by atoms with Gasteiger partial charge in [0.25, 0.3) is 0 Å². The van der Waals surface area contributed by atoms with E-state index in [-0.39, 0.29) is 6.61 Å². The molecule has 3 aromatic carbocycles. The molecule has 0 fully saturated rings. The molecule has 1 heterocycles. The second-order valence-corrected chi connectivity index (χ2v) is 7.95. The zero-order valence-electron chi connectivity index (χ0n) is 17.3. The molecule has 4 rings (SSSR count). The molecule has 0 bridgehead atoms. The van der Waals surface area contributed by atoms with Crippen molar-refractivity contribution >= 4 is 5.97 Å². The maximum absolute atomic E-state index is 10.7. The van der Waals surface area contributed by atoms with Crippen molar-refractivity contribution in [2.45, 2.75) is 26.3 Å². The Morgan fingerprint density at radius 2 is 1.53 bits per heavy atom. The van der Waals surface area contributed by atoms with Gasteiger partial charge in [-0.2, -0.15) is 0 Å². The zero-order valence-corrected chi connectivity index (χ0v) is 17.3. The van der Waals surface area contributed by atoms with Gasteiger partial charge in [0.2, 0.25) is 0 Å². The van der Waals surface area contributed by atoms with Crippen LogP contribution in [0.1, 0.15) is 22.3 Å². The van der Waals surface area contributed by atoms with Gasteiger partial charge in [0.05, 0.1) is 0 Å². The van der Waals surface area contributed by atoms with Gasteiger partial charge >= 0.3 is 5.97 Å². The van der Waals surface area contributed by atoms with Gasteiger partial charge in [-0.25, -0.2) is 4.79 Å². The Hall–Kier alpha value is -3.11. The number of aliphatic carboxylic acids is 1. The van der Waals surface area contributed by atoms with E-state index in [0.29, 0.717) is 5.75 Å². The van der Waals surface area contributed by atoms with Crippen LogP contribution in [-0.4, -0.2) is 35.7 Å². The Morgan fingerprint density at radius 3 is 2.20 bits per heavy atom. The first-order chi connectivity index (χ1) is 14.6. The Labute approximate surface area is 177 Å². The van der Waals surface area contributed by atoms with E-state index in [4.69, 9.17) is 9.84 Å². The van der Waals surface area contributed by atoms with Crippen LogP contribution in [0.15, 0.2) is 66.7 Å². The largest absolute Gasteiger partial charge is 0.482 e. The van der Waals surface area contributed by atoms with Crippen LogP contribution in [0.5, 0.6) is 5.75 Å². The van der Waals surface area contributed by atoms with Crippen molar-refractivity contribution in [1.29, 1.82) is 0 Å². The van der Waals surface area contributed by atoms with E-state index in [2.05, 4.69) is 66.4 Å². The quantitative estimate of drug-likeness (QED) is 0.649. The van der Waals surface area contributed by atoms with E-state index in [9.17, 15) is 4.79 Å². The van der Waals surface area contributed by atoms with E-state index in [1.807, 2.05) is 12.1 Å². The summed E-state index contributed by atoms with van der Waals surface area (Å²) in [6, 6.07) is 23.5. The SMILES string of the molecule is Cc1ccc(-c2ccc(CN3CCc4ccc(OCC(=O)O)cc4CC3)cc2)cc1. The number of fused-ring (bicyclic) bond motifs is 1. The molecule has 0 radical (unpaired) electrons. The van der Waals surface area contributed by atoms with Crippen LogP contribution in [0, 0.1) is 6.92 Å². The molecule has 0 saturated heterocycles. The summed E-state index contributed by atoms with van der Waals surface area (Å²) < 4.78 is 5.34. The Kier molecular flexibility index (Phi) is 6.15. The van der Waals surface area contributed by atoms with Crippen molar-refractivity contribution in [3.8, 4) is 16.9 Å². The number of rotatable bonds is 6. The second-order valence-electron chi connectivity index (χ2n) is 7.95. The Bertz CT molecular complexity index is 1010. The molecule has 1 aliphatic heterocycles. The Balaban J connectivity index is 1.37. The van der Waals surface area contributed by atoms with Crippen molar-refractivity contribution in [1.82, 2.24) is 4.90 Å². The highest BCUT2D eigenvalue weighted by molar-refractivity contribution is 5.68. The molecule has 4 heteroatoms. The van der Waals surface area contributed by atoms with Gasteiger partial charge in [0.1, 0.15) is 5.75 Å². The van der Waals surface area contributed by atoms with Crippen LogP contribution in [0.3, 0.4) is 0 Å². The summed E-state index contributed by atoms with van der Waals surface area (Å²) in [5.41, 5.74) is 7.68. The number of ether oxygens (including phenoxy) is 1. The number of benzene rings is 3. The monoisotopic (exact) mass is 401 g/mol. The number of hydrogen-bond donors (Lipinski definition) is 1. The summed E-state index contributed by atoms with van der Waals surface area (Å²) in [4.78, 5) is 13.2. The molecule has 0 spiro atoms. The van der Waals surface area contributed by atoms with Crippen LogP contribution in [0.25, 0.3) is 11.1 Å². The fraction of sp³-hybridized carbons (Fsp3) is 0.269. The molecule has 3 aromatic rings. The fourth-order valence-electron chi connectivity index (χ4n) is 3.95. The highest BCUT2D eigenvalue weighted by atomic mass is 16.5. The van der Waals surface area contributed by atoms with E-state index in [1.165, 1.54) is 33.4 Å². The van der Waals surface area contributed by atoms with Crippen LogP contribution >= 0.6 is 0 Å². The molecular formula is C26H27NO3. The lowest BCUT2D eigenvalue weighted by atomic mass is 10.0. The van der Waals surface area contributed by atoms with E-state index < -0.39 is 5.97 Å². The molecule has 30 heavy (non-hydrogen) atoms. The topological polar surface area (TPSA) is 49.8 Å². The molecule has 154 valence electrons. The van der Waals surface area contributed by atoms with Crippen molar-refractivity contribution < 1.29 is 14.6 Å². The first-order valence-corrected chi connectivity index (χ1v) is 10.4. The van der Waals surface area contributed by atoms with Gasteiger partial charge in [-0.3, -0.25) is 4.90 Å². The van der Waals surface area contributed by atoms with Crippen LogP contribution < -0.4 is 4.74 Å². The number of aryl methyl sites for hydroxylation is 1. The molecule has 1 N–H and O–H groups in total. The molecule has 0 aliphatic carbocycles. The molecule has 0 unspecified atom stereocenters. The summed E-state index contributed by atoms with van der Waals surface area (Å²) >= 11 is 0. The summed E-state index contributed by atoms with van der Waals surface area (Å²) in [6.07, 6.45) is 1.94. The minimum absolute atomic E-state index is 0.302. The van der Waals surface area contributed by atoms with Crippen molar-refractivity contribution in [2.24, 2.45) is 0 Å². The summed E-state index contributed by atoms with van der Waals surface area (Å²) in [6.45, 7) is 4.74. The lowest BCUT2D eigenvalue weighted by molar-refractivity contribution is -0.139. The van der Waals surface area contributed by atoms with Crippen molar-refractivity contribution in [3.63, 3.8) is 0 Å². The van der Waals surface area contributed by atoms with Gasteiger partial charge in [-0.15, -0.1) is 0 Å². The lowest BCUT2D eigenvalue weighted by Gasteiger charge is -2.20.